The molecule has 0 aliphatic carbocycles. The topological polar surface area (TPSA) is 119 Å². The largest absolute Gasteiger partial charge is 0.790 e. The summed E-state index contributed by atoms with van der Waals surface area (Å²) in [5, 5.41) is 9.31. The van der Waals surface area contributed by atoms with Gasteiger partial charge < -0.3 is 28.7 Å². The molecule has 0 unspecified atom stereocenters. The molecule has 0 amide bonds. The molecule has 0 aliphatic heterocycles. The van der Waals surface area contributed by atoms with Gasteiger partial charge in [-0.15, -0.1) is 0 Å². The average Bonchev–Trinajstić information content (AvgIpc) is 2.55. The van der Waals surface area contributed by atoms with Crippen LogP contribution in [0.5, 0.6) is 0 Å². The summed E-state index contributed by atoms with van der Waals surface area (Å²) in [6.07, 6.45) is 13.2. The molecular formula is C17H31O7P-2. The number of allylic oxidation sites excluding steroid dienone is 2. The lowest BCUT2D eigenvalue weighted by Gasteiger charge is -2.29. The number of aliphatic hydroxyl groups excluding tert-OH is 1. The highest BCUT2D eigenvalue weighted by Crippen LogP contribution is 2.24. The van der Waals surface area contributed by atoms with E-state index in [2.05, 4.69) is 23.6 Å². The third-order valence-corrected chi connectivity index (χ3v) is 3.97. The minimum Gasteiger partial charge on any atom is -0.790 e. The predicted octanol–water partition coefficient (Wildman–Crippen LogP) is 2.21. The first kappa shape index (κ1) is 24.3. The lowest BCUT2D eigenvalue weighted by Crippen LogP contribution is -2.26. The number of phosphoric acid groups is 1. The number of rotatable bonds is 16. The van der Waals surface area contributed by atoms with Crippen molar-refractivity contribution < 1.29 is 33.5 Å². The van der Waals surface area contributed by atoms with Crippen LogP contribution in [0.25, 0.3) is 0 Å². The van der Waals surface area contributed by atoms with Crippen LogP contribution < -0.4 is 9.79 Å². The van der Waals surface area contributed by atoms with E-state index in [1.54, 1.807) is 0 Å². The number of ether oxygens (including phenoxy) is 1. The van der Waals surface area contributed by atoms with Gasteiger partial charge in [-0.2, -0.15) is 0 Å². The van der Waals surface area contributed by atoms with Crippen molar-refractivity contribution in [3.05, 3.63) is 12.2 Å². The number of hydrogen-bond acceptors (Lipinski definition) is 7. The minimum absolute atomic E-state index is 0.246. The first-order valence-electron chi connectivity index (χ1n) is 9.00. The average molecular weight is 378 g/mol. The normalized spacial score (nSPS) is 13.3. The van der Waals surface area contributed by atoms with Crippen molar-refractivity contribution >= 4 is 13.8 Å². The molecule has 0 aliphatic rings. The third-order valence-electron chi connectivity index (χ3n) is 3.50. The summed E-state index contributed by atoms with van der Waals surface area (Å²) in [4.78, 5) is 31.9. The Balaban J connectivity index is 3.46. The number of hydrogen-bond donors (Lipinski definition) is 1. The van der Waals surface area contributed by atoms with E-state index in [-0.39, 0.29) is 13.0 Å². The number of carbonyl (C=O) groups is 1. The summed E-state index contributed by atoms with van der Waals surface area (Å²) in [6.45, 7) is 1.10. The number of esters is 1. The maximum Gasteiger partial charge on any atom is 0.305 e. The monoisotopic (exact) mass is 378 g/mol. The van der Waals surface area contributed by atoms with Crippen molar-refractivity contribution in [2.24, 2.45) is 0 Å². The zero-order valence-electron chi connectivity index (χ0n) is 15.1. The maximum atomic E-state index is 11.4. The molecule has 0 rings (SSSR count). The Bertz CT molecular complexity index is 406. The van der Waals surface area contributed by atoms with E-state index in [0.29, 0.717) is 6.42 Å². The van der Waals surface area contributed by atoms with Crippen LogP contribution in [0.3, 0.4) is 0 Å². The van der Waals surface area contributed by atoms with Gasteiger partial charge in [-0.1, -0.05) is 44.8 Å². The summed E-state index contributed by atoms with van der Waals surface area (Å²) in [7, 11) is -5.11. The van der Waals surface area contributed by atoms with E-state index in [9.17, 15) is 24.3 Å². The van der Waals surface area contributed by atoms with Gasteiger partial charge in [0.2, 0.25) is 0 Å². The van der Waals surface area contributed by atoms with Crippen molar-refractivity contribution in [1.29, 1.82) is 0 Å². The van der Waals surface area contributed by atoms with Gasteiger partial charge in [0, 0.05) is 6.42 Å². The first-order chi connectivity index (χ1) is 11.8. The Morgan fingerprint density at radius 3 is 2.20 bits per heavy atom. The molecule has 7 nitrogen and oxygen atoms in total. The summed E-state index contributed by atoms with van der Waals surface area (Å²) < 4.78 is 18.9. The number of aliphatic hydroxyl groups is 1. The van der Waals surface area contributed by atoms with Gasteiger partial charge in [0.1, 0.15) is 12.7 Å². The fourth-order valence-corrected chi connectivity index (χ4v) is 2.47. The molecule has 0 radical (unpaired) electrons. The molecule has 0 heterocycles. The summed E-state index contributed by atoms with van der Waals surface area (Å²) in [5.41, 5.74) is 0. The van der Waals surface area contributed by atoms with Crippen LogP contribution in [0.2, 0.25) is 0 Å². The highest BCUT2D eigenvalue weighted by molar-refractivity contribution is 7.43. The predicted molar refractivity (Wildman–Crippen MR) is 91.5 cm³/mol. The molecule has 0 fully saturated rings. The molecule has 0 aromatic heterocycles. The van der Waals surface area contributed by atoms with Gasteiger partial charge in [0.15, 0.2) is 0 Å². The zero-order valence-corrected chi connectivity index (χ0v) is 16.0. The van der Waals surface area contributed by atoms with Crippen molar-refractivity contribution in [2.45, 2.75) is 77.2 Å². The lowest BCUT2D eigenvalue weighted by molar-refractivity contribution is -0.342. The van der Waals surface area contributed by atoms with Crippen molar-refractivity contribution in [3.8, 4) is 0 Å². The second-order valence-electron chi connectivity index (χ2n) is 6.00. The van der Waals surface area contributed by atoms with Gasteiger partial charge in [-0.3, -0.25) is 4.79 Å². The highest BCUT2D eigenvalue weighted by Gasteiger charge is 2.09. The van der Waals surface area contributed by atoms with Crippen molar-refractivity contribution in [2.75, 3.05) is 13.2 Å². The molecule has 0 spiro atoms. The Hall–Kier alpha value is -0.720. The van der Waals surface area contributed by atoms with Crippen LogP contribution in [0.1, 0.15) is 71.1 Å². The van der Waals surface area contributed by atoms with Crippen molar-refractivity contribution in [1.82, 2.24) is 0 Å². The number of phosphoric ester groups is 1. The van der Waals surface area contributed by atoms with Gasteiger partial charge in [-0.05, 0) is 32.1 Å². The minimum atomic E-state index is -5.11. The summed E-state index contributed by atoms with van der Waals surface area (Å²) >= 11 is 0. The molecule has 1 atom stereocenters. The number of unbranched alkanes of at least 4 members (excludes halogenated alkanes) is 7. The molecule has 0 bridgehead atoms. The molecule has 8 heteroatoms. The quantitative estimate of drug-likeness (QED) is 0.189. The van der Waals surface area contributed by atoms with Crippen LogP contribution in [-0.4, -0.2) is 30.4 Å². The van der Waals surface area contributed by atoms with Crippen LogP contribution in [-0.2, 0) is 18.6 Å². The highest BCUT2D eigenvalue weighted by atomic mass is 31.2. The third kappa shape index (κ3) is 19.5. The molecule has 1 N–H and O–H groups in total. The van der Waals surface area contributed by atoms with Crippen LogP contribution >= 0.6 is 7.82 Å². The Morgan fingerprint density at radius 2 is 1.64 bits per heavy atom. The Morgan fingerprint density at radius 1 is 1.04 bits per heavy atom. The summed E-state index contributed by atoms with van der Waals surface area (Å²) in [5.74, 6) is -0.460. The smallest absolute Gasteiger partial charge is 0.305 e. The SMILES string of the molecule is CCCCCC/C=C\CCCCCC(=O)OC[C@@H](O)COP(=O)([O-])[O-]. The molecule has 0 saturated heterocycles. The van der Waals surface area contributed by atoms with Crippen LogP contribution in [0.4, 0.5) is 0 Å². The fraction of sp³-hybridized carbons (Fsp3) is 0.824. The molecule has 0 aromatic carbocycles. The number of carbonyl (C=O) groups excluding carboxylic acids is 1. The van der Waals surface area contributed by atoms with E-state index in [4.69, 9.17) is 4.74 Å². The molecular weight excluding hydrogens is 347 g/mol. The zero-order chi connectivity index (χ0) is 19.0. The van der Waals surface area contributed by atoms with E-state index < -0.39 is 26.5 Å². The Kier molecular flexibility index (Phi) is 15.1. The molecule has 148 valence electrons. The van der Waals surface area contributed by atoms with Crippen molar-refractivity contribution in [3.63, 3.8) is 0 Å². The second-order valence-corrected chi connectivity index (χ2v) is 7.15. The lowest BCUT2D eigenvalue weighted by atomic mass is 10.1. The van der Waals surface area contributed by atoms with E-state index in [1.165, 1.54) is 25.7 Å². The van der Waals surface area contributed by atoms with E-state index in [1.807, 2.05) is 0 Å². The van der Waals surface area contributed by atoms with E-state index in [0.717, 1.165) is 25.7 Å². The first-order valence-corrected chi connectivity index (χ1v) is 10.5. The maximum absolute atomic E-state index is 11.4. The fourth-order valence-electron chi connectivity index (χ4n) is 2.12. The van der Waals surface area contributed by atoms with Gasteiger partial charge >= 0.3 is 5.97 Å². The van der Waals surface area contributed by atoms with Gasteiger partial charge in [-0.25, -0.2) is 0 Å². The van der Waals surface area contributed by atoms with E-state index >= 15 is 0 Å². The van der Waals surface area contributed by atoms with Gasteiger partial charge in [0.05, 0.1) is 14.4 Å². The second kappa shape index (κ2) is 15.5. The van der Waals surface area contributed by atoms with Crippen LogP contribution in [0, 0.1) is 0 Å². The summed E-state index contributed by atoms with van der Waals surface area (Å²) in [6, 6.07) is 0. The van der Waals surface area contributed by atoms with Gasteiger partial charge in [0.25, 0.3) is 0 Å². The van der Waals surface area contributed by atoms with Crippen LogP contribution in [0.15, 0.2) is 12.2 Å². The molecule has 0 saturated carbocycles. The molecule has 0 aromatic rings. The standard InChI is InChI=1S/C17H33O7P/c1-2-3-4-5-6-7-8-9-10-11-12-13-17(19)23-14-16(18)15-24-25(20,21)22/h7-8,16,18H,2-6,9-15H2,1H3,(H2,20,21,22)/p-2/b8-7-/t16-/m1/s1. The molecule has 25 heavy (non-hydrogen) atoms. The Labute approximate surface area is 150 Å².